The van der Waals surface area contributed by atoms with Crippen LogP contribution in [0.2, 0.25) is 0 Å². The molecular weight excluding hydrogens is 430 g/mol. The Bertz CT molecular complexity index is 1290. The molecule has 0 aliphatic rings. The summed E-state index contributed by atoms with van der Waals surface area (Å²) in [5.74, 6) is 0.366. The van der Waals surface area contributed by atoms with Gasteiger partial charge in [0.2, 0.25) is 0 Å². The minimum Gasteiger partial charge on any atom is -0.473 e. The number of aromatic nitrogens is 4. The molecule has 174 valence electrons. The van der Waals surface area contributed by atoms with Gasteiger partial charge in [-0.15, -0.1) is 0 Å². The van der Waals surface area contributed by atoms with Crippen molar-refractivity contribution < 1.29 is 9.47 Å². The Morgan fingerprint density at radius 2 is 1.59 bits per heavy atom. The molecule has 0 saturated heterocycles. The molecule has 4 rings (SSSR count). The zero-order chi connectivity index (χ0) is 23.9. The third kappa shape index (κ3) is 5.47. The van der Waals surface area contributed by atoms with Gasteiger partial charge in [-0.05, 0) is 25.5 Å². The topological polar surface area (TPSA) is 105 Å². The number of anilines is 1. The first-order chi connectivity index (χ1) is 16.5. The Kier molecular flexibility index (Phi) is 7.29. The summed E-state index contributed by atoms with van der Waals surface area (Å²) < 4.78 is 12.9. The molecular formula is C26H27N5O3. The van der Waals surface area contributed by atoms with Crippen molar-refractivity contribution in [1.82, 2.24) is 19.7 Å². The minimum absolute atomic E-state index is 0.105. The molecule has 0 spiro atoms. The average molecular weight is 458 g/mol. The fourth-order valence-electron chi connectivity index (χ4n) is 3.40. The molecule has 2 N–H and O–H groups in total. The summed E-state index contributed by atoms with van der Waals surface area (Å²) in [5, 5.41) is 4.52. The molecule has 0 radical (unpaired) electrons. The quantitative estimate of drug-likeness (QED) is 0.377. The van der Waals surface area contributed by atoms with Crippen molar-refractivity contribution in [2.75, 3.05) is 18.9 Å². The third-order valence-corrected chi connectivity index (χ3v) is 5.07. The highest BCUT2D eigenvalue weighted by molar-refractivity contribution is 5.77. The summed E-state index contributed by atoms with van der Waals surface area (Å²) in [4.78, 5) is 21.5. The monoisotopic (exact) mass is 457 g/mol. The first kappa shape index (κ1) is 23.1. The molecule has 0 aliphatic heterocycles. The Labute approximate surface area is 198 Å². The van der Waals surface area contributed by atoms with Gasteiger partial charge in [0.15, 0.2) is 5.82 Å². The molecule has 8 nitrogen and oxygen atoms in total. The lowest BCUT2D eigenvalue weighted by Crippen LogP contribution is -2.24. The molecule has 0 aliphatic carbocycles. The SMILES string of the molecule is CC(C)n1nc(-c2nc(OCCOCc3ccccc3)c(N)nc2-c2ccccc2)ccc1=O. The summed E-state index contributed by atoms with van der Waals surface area (Å²) in [7, 11) is 0. The molecule has 4 aromatic rings. The number of nitrogen functional groups attached to an aromatic ring is 1. The van der Waals surface area contributed by atoms with Crippen LogP contribution in [0.1, 0.15) is 25.5 Å². The normalized spacial score (nSPS) is 11.0. The molecule has 0 bridgehead atoms. The molecule has 2 aromatic heterocycles. The van der Waals surface area contributed by atoms with E-state index in [0.717, 1.165) is 11.1 Å². The molecule has 0 amide bonds. The molecule has 8 heteroatoms. The zero-order valence-corrected chi connectivity index (χ0v) is 19.2. The predicted octanol–water partition coefficient (Wildman–Crippen LogP) is 4.13. The van der Waals surface area contributed by atoms with E-state index in [1.807, 2.05) is 74.5 Å². The van der Waals surface area contributed by atoms with Gasteiger partial charge in [0.05, 0.1) is 19.3 Å². The van der Waals surface area contributed by atoms with Crippen LogP contribution in [0.3, 0.4) is 0 Å². The van der Waals surface area contributed by atoms with Crippen molar-refractivity contribution >= 4 is 5.82 Å². The average Bonchev–Trinajstić information content (AvgIpc) is 2.86. The maximum Gasteiger partial charge on any atom is 0.267 e. The highest BCUT2D eigenvalue weighted by Gasteiger charge is 2.18. The van der Waals surface area contributed by atoms with Crippen LogP contribution in [-0.2, 0) is 11.3 Å². The van der Waals surface area contributed by atoms with Crippen molar-refractivity contribution in [1.29, 1.82) is 0 Å². The van der Waals surface area contributed by atoms with E-state index in [4.69, 9.17) is 15.2 Å². The van der Waals surface area contributed by atoms with Crippen LogP contribution in [0, 0.1) is 0 Å². The first-order valence-electron chi connectivity index (χ1n) is 11.1. The summed E-state index contributed by atoms with van der Waals surface area (Å²) in [5.41, 5.74) is 9.48. The van der Waals surface area contributed by atoms with Gasteiger partial charge in [-0.1, -0.05) is 60.7 Å². The minimum atomic E-state index is -0.185. The number of hydrogen-bond donors (Lipinski definition) is 1. The van der Waals surface area contributed by atoms with E-state index >= 15 is 0 Å². The molecule has 0 fully saturated rings. The van der Waals surface area contributed by atoms with E-state index in [1.165, 1.54) is 10.7 Å². The molecule has 0 saturated carbocycles. The number of benzene rings is 2. The standard InChI is InChI=1S/C26H27N5O3/c1-18(2)31-22(32)14-13-21(30-31)24-23(20-11-7-4-8-12-20)28-25(27)26(29-24)34-16-15-33-17-19-9-5-3-6-10-19/h3-14,18H,15-17H2,1-2H3,(H2,27,28). The molecule has 2 heterocycles. The maximum atomic E-state index is 12.2. The summed E-state index contributed by atoms with van der Waals surface area (Å²) in [6.07, 6.45) is 0. The fourth-order valence-corrected chi connectivity index (χ4v) is 3.40. The first-order valence-corrected chi connectivity index (χ1v) is 11.1. The van der Waals surface area contributed by atoms with Crippen LogP contribution in [0.4, 0.5) is 5.82 Å². The Morgan fingerprint density at radius 3 is 2.29 bits per heavy atom. The van der Waals surface area contributed by atoms with Crippen LogP contribution in [0.5, 0.6) is 5.88 Å². The predicted molar refractivity (Wildman–Crippen MR) is 131 cm³/mol. The summed E-state index contributed by atoms with van der Waals surface area (Å²) in [6.45, 7) is 4.91. The van der Waals surface area contributed by atoms with Gasteiger partial charge in [0.25, 0.3) is 11.4 Å². The Morgan fingerprint density at radius 1 is 0.882 bits per heavy atom. The molecule has 2 aromatic carbocycles. The molecule has 0 unspecified atom stereocenters. The molecule has 34 heavy (non-hydrogen) atoms. The largest absolute Gasteiger partial charge is 0.473 e. The van der Waals surface area contributed by atoms with E-state index in [9.17, 15) is 4.79 Å². The van der Waals surface area contributed by atoms with Gasteiger partial charge in [0.1, 0.15) is 23.7 Å². The van der Waals surface area contributed by atoms with Crippen molar-refractivity contribution in [3.8, 4) is 28.5 Å². The lowest BCUT2D eigenvalue weighted by molar-refractivity contribution is 0.0877. The van der Waals surface area contributed by atoms with Crippen LogP contribution in [0.25, 0.3) is 22.6 Å². The van der Waals surface area contributed by atoms with Crippen molar-refractivity contribution in [3.63, 3.8) is 0 Å². The van der Waals surface area contributed by atoms with Gasteiger partial charge in [-0.3, -0.25) is 4.79 Å². The van der Waals surface area contributed by atoms with Gasteiger partial charge in [-0.25, -0.2) is 14.6 Å². The smallest absolute Gasteiger partial charge is 0.267 e. The van der Waals surface area contributed by atoms with Gasteiger partial charge in [0, 0.05) is 11.6 Å². The number of hydrogen-bond acceptors (Lipinski definition) is 7. The van der Waals surface area contributed by atoms with Gasteiger partial charge >= 0.3 is 0 Å². The number of nitrogens with two attached hydrogens (primary N) is 1. The lowest BCUT2D eigenvalue weighted by Gasteiger charge is -2.15. The zero-order valence-electron chi connectivity index (χ0n) is 19.2. The second kappa shape index (κ2) is 10.7. The van der Waals surface area contributed by atoms with Crippen LogP contribution < -0.4 is 16.0 Å². The lowest BCUT2D eigenvalue weighted by atomic mass is 10.1. The molecule has 0 atom stereocenters. The van der Waals surface area contributed by atoms with Crippen LogP contribution in [-0.4, -0.2) is 33.0 Å². The van der Waals surface area contributed by atoms with E-state index < -0.39 is 0 Å². The van der Waals surface area contributed by atoms with Gasteiger partial charge < -0.3 is 15.2 Å². The maximum absolute atomic E-state index is 12.2. The third-order valence-electron chi connectivity index (χ3n) is 5.07. The van der Waals surface area contributed by atoms with Crippen LogP contribution >= 0.6 is 0 Å². The van der Waals surface area contributed by atoms with E-state index in [1.54, 1.807) is 6.07 Å². The van der Waals surface area contributed by atoms with Crippen molar-refractivity contribution in [3.05, 3.63) is 88.7 Å². The number of ether oxygens (including phenoxy) is 2. The second-order valence-corrected chi connectivity index (χ2v) is 7.96. The van der Waals surface area contributed by atoms with Crippen LogP contribution in [0.15, 0.2) is 77.6 Å². The Balaban J connectivity index is 1.60. The van der Waals surface area contributed by atoms with E-state index in [2.05, 4.69) is 15.1 Å². The second-order valence-electron chi connectivity index (χ2n) is 7.96. The van der Waals surface area contributed by atoms with Crippen molar-refractivity contribution in [2.24, 2.45) is 0 Å². The number of rotatable bonds is 9. The summed E-state index contributed by atoms with van der Waals surface area (Å²) in [6, 6.07) is 22.5. The Hall–Kier alpha value is -4.04. The highest BCUT2D eigenvalue weighted by Crippen LogP contribution is 2.32. The van der Waals surface area contributed by atoms with Gasteiger partial charge in [-0.2, -0.15) is 5.10 Å². The highest BCUT2D eigenvalue weighted by atomic mass is 16.5. The summed E-state index contributed by atoms with van der Waals surface area (Å²) >= 11 is 0. The van der Waals surface area contributed by atoms with E-state index in [-0.39, 0.29) is 29.9 Å². The fraction of sp³-hybridized carbons (Fsp3) is 0.231. The number of nitrogens with zero attached hydrogens (tertiary/aromatic N) is 4. The van der Waals surface area contributed by atoms with Crippen molar-refractivity contribution in [2.45, 2.75) is 26.5 Å². The van der Waals surface area contributed by atoms with E-state index in [0.29, 0.717) is 30.3 Å².